The van der Waals surface area contributed by atoms with Gasteiger partial charge >= 0.3 is 19.8 Å². The van der Waals surface area contributed by atoms with E-state index in [1.165, 1.54) is 83.5 Å². The molecule has 0 aromatic rings. The van der Waals surface area contributed by atoms with Crippen LogP contribution in [0.1, 0.15) is 181 Å². The van der Waals surface area contributed by atoms with Crippen molar-refractivity contribution in [2.45, 2.75) is 224 Å². The van der Waals surface area contributed by atoms with Gasteiger partial charge in [-0.15, -0.1) is 0 Å². The summed E-state index contributed by atoms with van der Waals surface area (Å²) in [6.07, 6.45) is 26.3. The Hall–Kier alpha value is -1.93. The molecule has 0 amide bonds. The zero-order chi connectivity index (χ0) is 43.6. The number of phosphoric ester groups is 1. The fourth-order valence-corrected chi connectivity index (χ4v) is 7.74. The fourth-order valence-electron chi connectivity index (χ4n) is 6.76. The van der Waals surface area contributed by atoms with Crippen LogP contribution in [0.5, 0.6) is 0 Å². The second-order valence-electron chi connectivity index (χ2n) is 15.9. The first-order valence-corrected chi connectivity index (χ1v) is 24.3. The Morgan fingerprint density at radius 3 is 1.42 bits per heavy atom. The fraction of sp³-hybridized carbons (Fsp3) is 0.822. The number of ether oxygens (including phenoxy) is 2. The minimum atomic E-state index is -5.12. The normalized spacial score (nSPS) is 22.6. The van der Waals surface area contributed by atoms with Gasteiger partial charge in [0.1, 0.15) is 43.2 Å². The molecule has 344 valence electrons. The molecule has 59 heavy (non-hydrogen) atoms. The Kier molecular flexibility index (Phi) is 33.3. The van der Waals surface area contributed by atoms with Crippen molar-refractivity contribution >= 4 is 19.8 Å². The molecule has 6 unspecified atom stereocenters. The highest BCUT2D eigenvalue weighted by atomic mass is 31.2. The van der Waals surface area contributed by atoms with Gasteiger partial charge in [-0.1, -0.05) is 153 Å². The number of hydrogen-bond acceptors (Lipinski definition) is 12. The van der Waals surface area contributed by atoms with Crippen LogP contribution in [0.25, 0.3) is 0 Å². The number of esters is 2. The van der Waals surface area contributed by atoms with Crippen molar-refractivity contribution in [2.24, 2.45) is 0 Å². The summed E-state index contributed by atoms with van der Waals surface area (Å²) in [6, 6.07) is 0. The van der Waals surface area contributed by atoms with Gasteiger partial charge in [0.15, 0.2) is 6.10 Å². The van der Waals surface area contributed by atoms with Crippen LogP contribution in [0.15, 0.2) is 36.5 Å². The van der Waals surface area contributed by atoms with Gasteiger partial charge in [0.25, 0.3) is 0 Å². The molecule has 1 fully saturated rings. The number of aliphatic hydroxyl groups excluding tert-OH is 5. The zero-order valence-electron chi connectivity index (χ0n) is 36.3. The highest BCUT2D eigenvalue weighted by Gasteiger charge is 2.51. The number of carbonyl (C=O) groups excluding carboxylic acids is 2. The SMILES string of the molecule is CCCCCC=CCC=CCC=CCCCCC(=O)OCC(COP(=O)(O)OC1C(O)C(O)C(O)C(O)C1O)OC(=O)CCCCCCCCCCCCCCCCC. The van der Waals surface area contributed by atoms with E-state index in [-0.39, 0.29) is 12.8 Å². The first kappa shape index (κ1) is 55.1. The van der Waals surface area contributed by atoms with Crippen molar-refractivity contribution in [1.29, 1.82) is 0 Å². The van der Waals surface area contributed by atoms with Crippen molar-refractivity contribution in [2.75, 3.05) is 13.2 Å². The maximum Gasteiger partial charge on any atom is 0.472 e. The van der Waals surface area contributed by atoms with E-state index in [1.807, 2.05) is 0 Å². The van der Waals surface area contributed by atoms with Crippen molar-refractivity contribution in [3.8, 4) is 0 Å². The average Bonchev–Trinajstić information content (AvgIpc) is 3.21. The van der Waals surface area contributed by atoms with Gasteiger partial charge in [0.2, 0.25) is 0 Å². The maximum atomic E-state index is 12.8. The monoisotopic (exact) mass is 861 g/mol. The molecule has 0 aliphatic heterocycles. The van der Waals surface area contributed by atoms with Crippen LogP contribution in [0, 0.1) is 0 Å². The van der Waals surface area contributed by atoms with Gasteiger partial charge in [-0.25, -0.2) is 4.57 Å². The summed E-state index contributed by atoms with van der Waals surface area (Å²) in [4.78, 5) is 35.6. The molecule has 0 heterocycles. The van der Waals surface area contributed by atoms with Crippen molar-refractivity contribution < 1.29 is 63.1 Å². The molecule has 6 atom stereocenters. The molecular formula is C45H81O13P. The minimum absolute atomic E-state index is 0.0913. The number of phosphoric acid groups is 1. The second-order valence-corrected chi connectivity index (χ2v) is 17.3. The first-order chi connectivity index (χ1) is 28.4. The van der Waals surface area contributed by atoms with Crippen LogP contribution in [0.4, 0.5) is 0 Å². The lowest BCUT2D eigenvalue weighted by Gasteiger charge is -2.41. The van der Waals surface area contributed by atoms with Crippen LogP contribution >= 0.6 is 7.82 Å². The Bertz CT molecular complexity index is 1180. The Balaban J connectivity index is 2.49. The van der Waals surface area contributed by atoms with Crippen LogP contribution in [-0.4, -0.2) is 98.3 Å². The molecule has 0 radical (unpaired) electrons. The van der Waals surface area contributed by atoms with E-state index in [9.17, 15) is 44.6 Å². The standard InChI is InChI=1S/C45H81O13P/c1-3-5-7-9-11-13-15-17-19-21-23-25-27-29-31-33-38(46)55-35-37(36-56-59(53,54)58-45-43(51)41(49)40(48)42(50)44(45)52)57-39(47)34-32-30-28-26-24-22-20-18-16-14-12-10-8-6-4-2/h11,13,17,19,23,25,37,40-45,48-52H,3-10,12,14-16,18,20-22,24,26-36H2,1-2H3,(H,53,54). The number of carbonyl (C=O) groups is 2. The second kappa shape index (κ2) is 35.6. The highest BCUT2D eigenvalue weighted by molar-refractivity contribution is 7.47. The van der Waals surface area contributed by atoms with E-state index < -0.39 is 75.7 Å². The summed E-state index contributed by atoms with van der Waals surface area (Å²) in [5.41, 5.74) is 0. The third kappa shape index (κ3) is 28.3. The average molecular weight is 861 g/mol. The van der Waals surface area contributed by atoms with E-state index in [2.05, 4.69) is 50.3 Å². The summed E-state index contributed by atoms with van der Waals surface area (Å²) in [5, 5.41) is 50.1. The van der Waals surface area contributed by atoms with Crippen molar-refractivity contribution in [3.63, 3.8) is 0 Å². The molecule has 6 N–H and O–H groups in total. The zero-order valence-corrected chi connectivity index (χ0v) is 37.2. The smallest absolute Gasteiger partial charge is 0.462 e. The van der Waals surface area contributed by atoms with Crippen molar-refractivity contribution in [3.05, 3.63) is 36.5 Å². The highest BCUT2D eigenvalue weighted by Crippen LogP contribution is 2.47. The van der Waals surface area contributed by atoms with E-state index in [1.54, 1.807) is 0 Å². The lowest BCUT2D eigenvalue weighted by molar-refractivity contribution is -0.220. The van der Waals surface area contributed by atoms with Gasteiger partial charge in [-0.05, 0) is 51.4 Å². The lowest BCUT2D eigenvalue weighted by atomic mass is 9.85. The van der Waals surface area contributed by atoms with Crippen LogP contribution < -0.4 is 0 Å². The largest absolute Gasteiger partial charge is 0.472 e. The van der Waals surface area contributed by atoms with Gasteiger partial charge in [0, 0.05) is 12.8 Å². The minimum Gasteiger partial charge on any atom is -0.462 e. The predicted octanol–water partition coefficient (Wildman–Crippen LogP) is 8.61. The summed E-state index contributed by atoms with van der Waals surface area (Å²) >= 11 is 0. The van der Waals surface area contributed by atoms with E-state index in [4.69, 9.17) is 18.5 Å². The molecule has 1 aliphatic rings. The summed E-state index contributed by atoms with van der Waals surface area (Å²) < 4.78 is 33.5. The third-order valence-corrected chi connectivity index (χ3v) is 11.5. The molecule has 0 spiro atoms. The van der Waals surface area contributed by atoms with Gasteiger partial charge in [-0.3, -0.25) is 18.6 Å². The Labute approximate surface area is 355 Å². The molecule has 1 rings (SSSR count). The summed E-state index contributed by atoms with van der Waals surface area (Å²) in [7, 11) is -5.12. The third-order valence-electron chi connectivity index (χ3n) is 10.5. The maximum absolute atomic E-state index is 12.8. The molecule has 14 heteroatoms. The molecule has 1 aliphatic carbocycles. The van der Waals surface area contributed by atoms with E-state index in [0.717, 1.165) is 57.8 Å². The van der Waals surface area contributed by atoms with Crippen LogP contribution in [0.3, 0.4) is 0 Å². The molecule has 1 saturated carbocycles. The lowest BCUT2D eigenvalue weighted by Crippen LogP contribution is -2.64. The number of unbranched alkanes of at least 4 members (excludes halogenated alkanes) is 19. The number of hydrogen-bond donors (Lipinski definition) is 6. The molecule has 0 saturated heterocycles. The molecular weight excluding hydrogens is 779 g/mol. The van der Waals surface area contributed by atoms with Gasteiger partial charge in [-0.2, -0.15) is 0 Å². The van der Waals surface area contributed by atoms with Gasteiger partial charge < -0.3 is 39.9 Å². The quantitative estimate of drug-likeness (QED) is 0.0150. The van der Waals surface area contributed by atoms with E-state index >= 15 is 0 Å². The molecule has 0 bridgehead atoms. The summed E-state index contributed by atoms with van der Waals surface area (Å²) in [6.45, 7) is 3.24. The Morgan fingerprint density at radius 1 is 0.525 bits per heavy atom. The predicted molar refractivity (Wildman–Crippen MR) is 230 cm³/mol. The van der Waals surface area contributed by atoms with Crippen LogP contribution in [0.2, 0.25) is 0 Å². The number of allylic oxidation sites excluding steroid dienone is 6. The van der Waals surface area contributed by atoms with Crippen molar-refractivity contribution in [1.82, 2.24) is 0 Å². The molecule has 13 nitrogen and oxygen atoms in total. The number of aliphatic hydroxyl groups is 5. The first-order valence-electron chi connectivity index (χ1n) is 22.8. The topological polar surface area (TPSA) is 210 Å². The van der Waals surface area contributed by atoms with Gasteiger partial charge in [0.05, 0.1) is 6.61 Å². The Morgan fingerprint density at radius 2 is 0.915 bits per heavy atom. The number of rotatable bonds is 37. The van der Waals surface area contributed by atoms with Crippen LogP contribution in [-0.2, 0) is 32.7 Å². The molecule has 0 aromatic heterocycles. The molecule has 0 aromatic carbocycles. The van der Waals surface area contributed by atoms with E-state index in [0.29, 0.717) is 12.8 Å². The summed E-state index contributed by atoms with van der Waals surface area (Å²) in [5.74, 6) is -1.14.